The van der Waals surface area contributed by atoms with E-state index >= 15 is 0 Å². The second-order valence-corrected chi connectivity index (χ2v) is 3.16. The lowest BCUT2D eigenvalue weighted by Gasteiger charge is -1.92. The molecule has 0 aromatic heterocycles. The van der Waals surface area contributed by atoms with Crippen LogP contribution in [0.3, 0.4) is 0 Å². The average molecular weight is 190 g/mol. The Balaban J connectivity index is 3.66. The fourth-order valence-corrected chi connectivity index (χ4v) is 1.13. The molecule has 0 saturated carbocycles. The van der Waals surface area contributed by atoms with E-state index in [0.717, 1.165) is 25.7 Å². The van der Waals surface area contributed by atoms with Gasteiger partial charge in [-0.2, -0.15) is 0 Å². The molecule has 14 heavy (non-hydrogen) atoms. The Morgan fingerprint density at radius 3 is 2.21 bits per heavy atom. The lowest BCUT2D eigenvalue weighted by atomic mass is 10.1. The predicted octanol–water partition coefficient (Wildman–Crippen LogP) is 4.81. The Morgan fingerprint density at radius 2 is 1.64 bits per heavy atom. The van der Waals surface area contributed by atoms with Gasteiger partial charge in [-0.3, -0.25) is 0 Å². The Morgan fingerprint density at radius 1 is 1.00 bits per heavy atom. The summed E-state index contributed by atoms with van der Waals surface area (Å²) in [5.74, 6) is 0. The molecule has 0 aliphatic rings. The van der Waals surface area contributed by atoms with E-state index in [9.17, 15) is 0 Å². The fraction of sp³-hybridized carbons (Fsp3) is 0.429. The molecule has 0 heterocycles. The van der Waals surface area contributed by atoms with Crippen molar-refractivity contribution in [2.45, 2.75) is 39.5 Å². The summed E-state index contributed by atoms with van der Waals surface area (Å²) in [7, 11) is 0. The number of hydrogen-bond acceptors (Lipinski definition) is 0. The van der Waals surface area contributed by atoms with Gasteiger partial charge in [0.1, 0.15) is 0 Å². The Labute approximate surface area is 88.7 Å². The Hall–Kier alpha value is -1.04. The van der Waals surface area contributed by atoms with E-state index in [0.29, 0.717) is 0 Å². The Bertz CT molecular complexity index is 216. The first kappa shape index (κ1) is 13.0. The second-order valence-electron chi connectivity index (χ2n) is 3.16. The van der Waals surface area contributed by atoms with Crippen LogP contribution in [0.15, 0.2) is 48.6 Å². The zero-order valence-electron chi connectivity index (χ0n) is 9.50. The summed E-state index contributed by atoms with van der Waals surface area (Å²) >= 11 is 0. The molecule has 78 valence electrons. The predicted molar refractivity (Wildman–Crippen MR) is 66.4 cm³/mol. The molecule has 0 aromatic carbocycles. The maximum atomic E-state index is 3.77. The van der Waals surface area contributed by atoms with E-state index in [4.69, 9.17) is 0 Å². The molecule has 0 unspecified atom stereocenters. The van der Waals surface area contributed by atoms with Crippen molar-refractivity contribution in [3.8, 4) is 0 Å². The van der Waals surface area contributed by atoms with Crippen LogP contribution in [0.1, 0.15) is 39.5 Å². The summed E-state index contributed by atoms with van der Waals surface area (Å²) in [4.78, 5) is 0. The van der Waals surface area contributed by atoms with Gasteiger partial charge in [0.05, 0.1) is 0 Å². The normalized spacial score (nSPS) is 12.9. The molecule has 0 nitrogen and oxygen atoms in total. The minimum absolute atomic E-state index is 1.02. The first-order valence-electron chi connectivity index (χ1n) is 5.46. The minimum Gasteiger partial charge on any atom is -0.0988 e. The third-order valence-corrected chi connectivity index (χ3v) is 2.03. The Kier molecular flexibility index (Phi) is 9.30. The molecular weight excluding hydrogens is 168 g/mol. The van der Waals surface area contributed by atoms with Crippen molar-refractivity contribution in [1.29, 1.82) is 0 Å². The maximum absolute atomic E-state index is 3.77. The molecule has 0 aliphatic heterocycles. The van der Waals surface area contributed by atoms with Crippen LogP contribution in [0.2, 0.25) is 0 Å². The van der Waals surface area contributed by atoms with E-state index in [1.165, 1.54) is 5.57 Å². The monoisotopic (exact) mass is 190 g/mol. The van der Waals surface area contributed by atoms with E-state index in [-0.39, 0.29) is 0 Å². The van der Waals surface area contributed by atoms with Gasteiger partial charge in [0.15, 0.2) is 0 Å². The summed E-state index contributed by atoms with van der Waals surface area (Å²) in [5, 5.41) is 0. The van der Waals surface area contributed by atoms with Gasteiger partial charge >= 0.3 is 0 Å². The number of rotatable bonds is 7. The first-order chi connectivity index (χ1) is 6.85. The van der Waals surface area contributed by atoms with Gasteiger partial charge in [0, 0.05) is 0 Å². The van der Waals surface area contributed by atoms with Gasteiger partial charge in [-0.1, -0.05) is 62.5 Å². The van der Waals surface area contributed by atoms with Gasteiger partial charge < -0.3 is 0 Å². The summed E-state index contributed by atoms with van der Waals surface area (Å²) in [6, 6.07) is 0. The van der Waals surface area contributed by atoms with Crippen molar-refractivity contribution in [2.24, 2.45) is 0 Å². The highest BCUT2D eigenvalue weighted by Crippen LogP contribution is 2.03. The molecule has 0 heteroatoms. The van der Waals surface area contributed by atoms with Crippen molar-refractivity contribution in [1.82, 2.24) is 0 Å². The van der Waals surface area contributed by atoms with Crippen molar-refractivity contribution >= 4 is 0 Å². The highest BCUT2D eigenvalue weighted by Gasteiger charge is 1.82. The van der Waals surface area contributed by atoms with E-state index in [1.54, 1.807) is 0 Å². The van der Waals surface area contributed by atoms with Gasteiger partial charge in [0.25, 0.3) is 0 Å². The molecule has 0 spiro atoms. The van der Waals surface area contributed by atoms with Crippen LogP contribution in [0.25, 0.3) is 0 Å². The molecule has 0 saturated heterocycles. The summed E-state index contributed by atoms with van der Waals surface area (Å²) in [6.07, 6.45) is 17.3. The topological polar surface area (TPSA) is 0 Å². The zero-order valence-corrected chi connectivity index (χ0v) is 9.50. The van der Waals surface area contributed by atoms with Crippen LogP contribution in [0, 0.1) is 0 Å². The van der Waals surface area contributed by atoms with E-state index in [2.05, 4.69) is 50.8 Å². The highest BCUT2D eigenvalue weighted by atomic mass is 13.9. The van der Waals surface area contributed by atoms with Gasteiger partial charge in [0.2, 0.25) is 0 Å². The molecule has 0 atom stereocenters. The van der Waals surface area contributed by atoms with Gasteiger partial charge in [-0.15, -0.1) is 0 Å². The van der Waals surface area contributed by atoms with Crippen LogP contribution in [-0.2, 0) is 0 Å². The number of hydrogen-bond donors (Lipinski definition) is 0. The van der Waals surface area contributed by atoms with Crippen molar-refractivity contribution in [3.63, 3.8) is 0 Å². The molecule has 0 amide bonds. The van der Waals surface area contributed by atoms with E-state index in [1.807, 2.05) is 6.08 Å². The van der Waals surface area contributed by atoms with E-state index < -0.39 is 0 Å². The third kappa shape index (κ3) is 7.60. The SMILES string of the molecule is C=C/C(=C/CC=CC/C=C\CC)CC. The van der Waals surface area contributed by atoms with Crippen molar-refractivity contribution in [3.05, 3.63) is 48.6 Å². The smallest absolute Gasteiger partial charge is 0.0163 e. The van der Waals surface area contributed by atoms with Crippen molar-refractivity contribution in [2.75, 3.05) is 0 Å². The average Bonchev–Trinajstić information content (AvgIpc) is 2.22. The summed E-state index contributed by atoms with van der Waals surface area (Å²) in [5.41, 5.74) is 1.33. The summed E-state index contributed by atoms with van der Waals surface area (Å²) < 4.78 is 0. The second kappa shape index (κ2) is 10.0. The standard InChI is InChI=1S/C14H22/c1-4-7-8-9-10-11-12-13-14(5-2)6-3/h5,7-8,10-11,13H,2,4,6,9,12H2,1,3H3/b8-7-,11-10?,14-13-. The number of allylic oxidation sites excluding steroid dienone is 7. The quantitative estimate of drug-likeness (QED) is 0.399. The molecule has 0 aliphatic carbocycles. The minimum atomic E-state index is 1.02. The van der Waals surface area contributed by atoms with Crippen LogP contribution in [0.5, 0.6) is 0 Å². The molecular formula is C14H22. The zero-order chi connectivity index (χ0) is 10.6. The lowest BCUT2D eigenvalue weighted by molar-refractivity contribution is 1.12. The van der Waals surface area contributed by atoms with Crippen LogP contribution in [0.4, 0.5) is 0 Å². The first-order valence-corrected chi connectivity index (χ1v) is 5.46. The molecule has 0 radical (unpaired) electrons. The van der Waals surface area contributed by atoms with Crippen LogP contribution in [-0.4, -0.2) is 0 Å². The fourth-order valence-electron chi connectivity index (χ4n) is 1.13. The van der Waals surface area contributed by atoms with Gasteiger partial charge in [-0.25, -0.2) is 0 Å². The highest BCUT2D eigenvalue weighted by molar-refractivity contribution is 5.16. The largest absolute Gasteiger partial charge is 0.0988 e. The third-order valence-electron chi connectivity index (χ3n) is 2.03. The molecule has 0 N–H and O–H groups in total. The van der Waals surface area contributed by atoms with Crippen LogP contribution >= 0.6 is 0 Å². The maximum Gasteiger partial charge on any atom is -0.0163 e. The van der Waals surface area contributed by atoms with Gasteiger partial charge in [-0.05, 0) is 25.7 Å². The van der Waals surface area contributed by atoms with Crippen LogP contribution < -0.4 is 0 Å². The lowest BCUT2D eigenvalue weighted by Crippen LogP contribution is -1.72. The molecule has 0 fully saturated rings. The molecule has 0 rings (SSSR count). The van der Waals surface area contributed by atoms with Crippen molar-refractivity contribution < 1.29 is 0 Å². The summed E-state index contributed by atoms with van der Waals surface area (Å²) in [6.45, 7) is 8.08. The molecule has 0 aromatic rings. The molecule has 0 bridgehead atoms.